The van der Waals surface area contributed by atoms with E-state index in [1.54, 1.807) is 0 Å². The van der Waals surface area contributed by atoms with E-state index in [9.17, 15) is 4.79 Å². The van der Waals surface area contributed by atoms with Gasteiger partial charge in [0.25, 0.3) is 0 Å². The molecule has 0 saturated heterocycles. The summed E-state index contributed by atoms with van der Waals surface area (Å²) in [5.41, 5.74) is 2.87. The van der Waals surface area contributed by atoms with Crippen molar-refractivity contribution in [3.8, 4) is 0 Å². The minimum atomic E-state index is -0.446. The second-order valence-corrected chi connectivity index (χ2v) is 6.78. The summed E-state index contributed by atoms with van der Waals surface area (Å²) >= 11 is 0. The van der Waals surface area contributed by atoms with Crippen LogP contribution in [-0.2, 0) is 11.2 Å². The van der Waals surface area contributed by atoms with Gasteiger partial charge in [-0.1, -0.05) is 70.2 Å². The first-order chi connectivity index (χ1) is 10.4. The van der Waals surface area contributed by atoms with E-state index in [4.69, 9.17) is 0 Å². The molecule has 2 aromatic rings. The Balaban J connectivity index is 2.04. The second-order valence-electron chi connectivity index (χ2n) is 6.78. The smallest absolute Gasteiger partial charge is 0.230 e. The highest BCUT2D eigenvalue weighted by molar-refractivity contribution is 5.95. The summed E-state index contributed by atoms with van der Waals surface area (Å²) < 4.78 is 0. The van der Waals surface area contributed by atoms with Gasteiger partial charge in [-0.2, -0.15) is 0 Å². The van der Waals surface area contributed by atoms with Crippen LogP contribution in [0.3, 0.4) is 0 Å². The number of nitrogens with one attached hydrogen (secondary N) is 1. The Labute approximate surface area is 133 Å². The Bertz CT molecular complexity index is 612. The van der Waals surface area contributed by atoms with Crippen molar-refractivity contribution in [3.05, 3.63) is 65.7 Å². The number of hydrogen-bond donors (Lipinski definition) is 1. The number of rotatable bonds is 5. The molecule has 1 amide bonds. The molecule has 0 aliphatic rings. The maximum absolute atomic E-state index is 12.5. The zero-order valence-electron chi connectivity index (χ0n) is 13.9. The van der Waals surface area contributed by atoms with Crippen molar-refractivity contribution < 1.29 is 4.79 Å². The molecule has 0 saturated carbocycles. The van der Waals surface area contributed by atoms with Gasteiger partial charge in [0, 0.05) is 11.1 Å². The number of hydrogen-bond acceptors (Lipinski definition) is 1. The lowest BCUT2D eigenvalue weighted by molar-refractivity contribution is -0.123. The quantitative estimate of drug-likeness (QED) is 0.824. The van der Waals surface area contributed by atoms with Crippen molar-refractivity contribution in [2.24, 2.45) is 5.41 Å². The summed E-state index contributed by atoms with van der Waals surface area (Å²) in [7, 11) is 0. The molecule has 0 spiro atoms. The summed E-state index contributed by atoms with van der Waals surface area (Å²) in [6.07, 6.45) is 0.726. The molecule has 0 atom stereocenters. The molecule has 0 fully saturated rings. The SMILES string of the molecule is CC(C)c1ccc(NC(=O)C(C)(C)Cc2ccccc2)cc1. The largest absolute Gasteiger partial charge is 0.326 e. The predicted octanol–water partition coefficient (Wildman–Crippen LogP) is 5.02. The molecule has 0 aliphatic carbocycles. The van der Waals surface area contributed by atoms with Gasteiger partial charge in [-0.15, -0.1) is 0 Å². The lowest BCUT2D eigenvalue weighted by Crippen LogP contribution is -2.32. The van der Waals surface area contributed by atoms with Gasteiger partial charge in [0.15, 0.2) is 0 Å². The van der Waals surface area contributed by atoms with Crippen molar-refractivity contribution in [2.45, 2.75) is 40.0 Å². The molecule has 2 nitrogen and oxygen atoms in total. The van der Waals surface area contributed by atoms with E-state index in [0.29, 0.717) is 5.92 Å². The van der Waals surface area contributed by atoms with Crippen LogP contribution in [0, 0.1) is 5.41 Å². The molecular formula is C20H25NO. The fourth-order valence-corrected chi connectivity index (χ4v) is 2.44. The molecule has 0 aromatic heterocycles. The topological polar surface area (TPSA) is 29.1 Å². The van der Waals surface area contributed by atoms with Crippen LogP contribution < -0.4 is 5.32 Å². The molecule has 22 heavy (non-hydrogen) atoms. The molecule has 2 aromatic carbocycles. The van der Waals surface area contributed by atoms with E-state index in [2.05, 4.69) is 43.4 Å². The highest BCUT2D eigenvalue weighted by Gasteiger charge is 2.27. The number of benzene rings is 2. The standard InChI is InChI=1S/C20H25NO/c1-15(2)17-10-12-18(13-11-17)21-19(22)20(3,4)14-16-8-6-5-7-9-16/h5-13,15H,14H2,1-4H3,(H,21,22). The van der Waals surface area contributed by atoms with Crippen LogP contribution in [0.5, 0.6) is 0 Å². The van der Waals surface area contributed by atoms with Gasteiger partial charge >= 0.3 is 0 Å². The van der Waals surface area contributed by atoms with Crippen LogP contribution in [0.25, 0.3) is 0 Å². The zero-order valence-corrected chi connectivity index (χ0v) is 13.9. The maximum atomic E-state index is 12.5. The zero-order chi connectivity index (χ0) is 16.2. The molecule has 2 heteroatoms. The lowest BCUT2D eigenvalue weighted by Gasteiger charge is -2.24. The first-order valence-electron chi connectivity index (χ1n) is 7.84. The lowest BCUT2D eigenvalue weighted by atomic mass is 9.84. The van der Waals surface area contributed by atoms with E-state index in [0.717, 1.165) is 12.1 Å². The third-order valence-corrected chi connectivity index (χ3v) is 3.94. The molecule has 0 heterocycles. The summed E-state index contributed by atoms with van der Waals surface area (Å²) in [4.78, 5) is 12.5. The molecule has 1 N–H and O–H groups in total. The van der Waals surface area contributed by atoms with E-state index in [1.165, 1.54) is 11.1 Å². The van der Waals surface area contributed by atoms with Crippen LogP contribution in [0.15, 0.2) is 54.6 Å². The van der Waals surface area contributed by atoms with E-state index in [-0.39, 0.29) is 5.91 Å². The minimum absolute atomic E-state index is 0.0497. The Morgan fingerprint density at radius 3 is 2.14 bits per heavy atom. The average Bonchev–Trinajstić information content (AvgIpc) is 2.48. The highest BCUT2D eigenvalue weighted by Crippen LogP contribution is 2.25. The van der Waals surface area contributed by atoms with E-state index in [1.807, 2.05) is 44.2 Å². The Hall–Kier alpha value is -2.09. The van der Waals surface area contributed by atoms with Crippen molar-refractivity contribution >= 4 is 11.6 Å². The van der Waals surface area contributed by atoms with Gasteiger partial charge in [0.2, 0.25) is 5.91 Å². The first-order valence-corrected chi connectivity index (χ1v) is 7.84. The van der Waals surface area contributed by atoms with Gasteiger partial charge < -0.3 is 5.32 Å². The average molecular weight is 295 g/mol. The van der Waals surface area contributed by atoms with Crippen molar-refractivity contribution in [1.29, 1.82) is 0 Å². The molecule has 116 valence electrons. The summed E-state index contributed by atoms with van der Waals surface area (Å²) in [6, 6.07) is 18.2. The van der Waals surface area contributed by atoms with Crippen molar-refractivity contribution in [1.82, 2.24) is 0 Å². The van der Waals surface area contributed by atoms with Gasteiger partial charge in [-0.05, 0) is 35.6 Å². The number of amides is 1. The summed E-state index contributed by atoms with van der Waals surface area (Å²) in [5, 5.41) is 3.03. The van der Waals surface area contributed by atoms with Crippen molar-refractivity contribution in [2.75, 3.05) is 5.32 Å². The van der Waals surface area contributed by atoms with Crippen LogP contribution in [0.4, 0.5) is 5.69 Å². The van der Waals surface area contributed by atoms with Gasteiger partial charge in [0.1, 0.15) is 0 Å². The monoisotopic (exact) mass is 295 g/mol. The minimum Gasteiger partial charge on any atom is -0.326 e. The molecular weight excluding hydrogens is 270 g/mol. The highest BCUT2D eigenvalue weighted by atomic mass is 16.2. The Kier molecular flexibility index (Phi) is 5.02. The van der Waals surface area contributed by atoms with Crippen LogP contribution in [0.2, 0.25) is 0 Å². The summed E-state index contributed by atoms with van der Waals surface area (Å²) in [5.74, 6) is 0.549. The molecule has 0 unspecified atom stereocenters. The number of carbonyl (C=O) groups excluding carboxylic acids is 1. The normalized spacial score (nSPS) is 11.5. The van der Waals surface area contributed by atoms with Crippen molar-refractivity contribution in [3.63, 3.8) is 0 Å². The Morgan fingerprint density at radius 2 is 1.59 bits per heavy atom. The summed E-state index contributed by atoms with van der Waals surface area (Å²) in [6.45, 7) is 8.29. The Morgan fingerprint density at radius 1 is 1.00 bits per heavy atom. The fraction of sp³-hybridized carbons (Fsp3) is 0.350. The second kappa shape index (κ2) is 6.78. The van der Waals surface area contributed by atoms with Crippen LogP contribution in [0.1, 0.15) is 44.7 Å². The molecule has 0 aliphatic heterocycles. The van der Waals surface area contributed by atoms with Crippen LogP contribution in [-0.4, -0.2) is 5.91 Å². The predicted molar refractivity (Wildman–Crippen MR) is 93.1 cm³/mol. The first kappa shape index (κ1) is 16.3. The third kappa shape index (κ3) is 4.20. The third-order valence-electron chi connectivity index (χ3n) is 3.94. The fourth-order valence-electron chi connectivity index (χ4n) is 2.44. The number of carbonyl (C=O) groups is 1. The maximum Gasteiger partial charge on any atom is 0.230 e. The number of anilines is 1. The van der Waals surface area contributed by atoms with Gasteiger partial charge in [-0.25, -0.2) is 0 Å². The van der Waals surface area contributed by atoms with E-state index >= 15 is 0 Å². The van der Waals surface area contributed by atoms with Gasteiger partial charge in [-0.3, -0.25) is 4.79 Å². The molecule has 2 rings (SSSR count). The van der Waals surface area contributed by atoms with E-state index < -0.39 is 5.41 Å². The molecule has 0 bridgehead atoms. The van der Waals surface area contributed by atoms with Gasteiger partial charge in [0.05, 0.1) is 0 Å². The van der Waals surface area contributed by atoms with Crippen LogP contribution >= 0.6 is 0 Å². The molecule has 0 radical (unpaired) electrons.